The normalized spacial score (nSPS) is 18.4. The molecule has 0 spiro atoms. The molecule has 5 rings (SSSR count). The van der Waals surface area contributed by atoms with Gasteiger partial charge in [-0.05, 0) is 55.5 Å². The maximum atomic E-state index is 13.9. The number of oxazole rings is 1. The molecule has 1 aliphatic heterocycles. The van der Waals surface area contributed by atoms with Gasteiger partial charge < -0.3 is 14.6 Å². The Labute approximate surface area is 203 Å². The third-order valence-corrected chi connectivity index (χ3v) is 6.85. The summed E-state index contributed by atoms with van der Waals surface area (Å²) < 4.78 is 7.59. The van der Waals surface area contributed by atoms with Crippen LogP contribution in [0, 0.1) is 12.8 Å². The summed E-state index contributed by atoms with van der Waals surface area (Å²) in [6.07, 6.45) is 5.80. The molecule has 0 radical (unpaired) electrons. The fourth-order valence-corrected chi connectivity index (χ4v) is 4.95. The van der Waals surface area contributed by atoms with Gasteiger partial charge in [0, 0.05) is 42.5 Å². The van der Waals surface area contributed by atoms with Gasteiger partial charge in [0.1, 0.15) is 5.52 Å². The van der Waals surface area contributed by atoms with Crippen LogP contribution < -0.4 is 5.32 Å². The number of hydrogen-bond acceptors (Lipinski definition) is 5. The molecule has 34 heavy (non-hydrogen) atoms. The number of aryl methyl sites for hydroxylation is 2. The number of amides is 1. The van der Waals surface area contributed by atoms with Crippen molar-refractivity contribution in [2.45, 2.75) is 32.7 Å². The molecule has 4 aromatic rings. The van der Waals surface area contributed by atoms with E-state index in [1.165, 1.54) is 0 Å². The molecule has 1 saturated heterocycles. The molecule has 1 amide bonds. The van der Waals surface area contributed by atoms with E-state index in [4.69, 9.17) is 16.0 Å². The Morgan fingerprint density at radius 2 is 2.12 bits per heavy atom. The number of aromatic nitrogens is 3. The third kappa shape index (κ3) is 4.40. The minimum absolute atomic E-state index is 0.0158. The van der Waals surface area contributed by atoms with Crippen LogP contribution in [0.5, 0.6) is 0 Å². The van der Waals surface area contributed by atoms with Gasteiger partial charge in [0.15, 0.2) is 5.58 Å². The lowest BCUT2D eigenvalue weighted by Gasteiger charge is -2.40. The minimum atomic E-state index is 0.0158. The smallest absolute Gasteiger partial charge is 0.295 e. The first-order valence-electron chi connectivity index (χ1n) is 11.6. The Morgan fingerprint density at radius 3 is 2.91 bits per heavy atom. The number of nitrogens with zero attached hydrogens (tertiary/aromatic N) is 4. The standard InChI is InChI=1S/C26H28ClN5O2/c1-16-6-8-20(18-13-29-31(3)15-18)21(11-16)25(33)32-10-4-5-17(2)23(32)14-28-26-30-22-12-19(27)7-9-24(22)34-26/h6-9,11-13,15,17,23H,4-5,10,14H2,1-3H3,(H,28,30)/t17?,23-/m1/s1. The van der Waals surface area contributed by atoms with Crippen LogP contribution in [0.2, 0.25) is 5.02 Å². The Kier molecular flexibility index (Phi) is 6.04. The molecule has 0 bridgehead atoms. The monoisotopic (exact) mass is 477 g/mol. The molecule has 1 fully saturated rings. The number of anilines is 1. The van der Waals surface area contributed by atoms with Crippen LogP contribution in [0.1, 0.15) is 35.7 Å². The summed E-state index contributed by atoms with van der Waals surface area (Å²) in [5.41, 5.74) is 5.00. The Balaban J connectivity index is 1.41. The van der Waals surface area contributed by atoms with Gasteiger partial charge in [-0.3, -0.25) is 9.48 Å². The largest absolute Gasteiger partial charge is 0.424 e. The maximum Gasteiger partial charge on any atom is 0.295 e. The van der Waals surface area contributed by atoms with Crippen molar-refractivity contribution in [2.24, 2.45) is 13.0 Å². The fourth-order valence-electron chi connectivity index (χ4n) is 4.78. The minimum Gasteiger partial charge on any atom is -0.424 e. The Bertz CT molecular complexity index is 1340. The molecule has 8 heteroatoms. The van der Waals surface area contributed by atoms with Gasteiger partial charge >= 0.3 is 0 Å². The van der Waals surface area contributed by atoms with Gasteiger partial charge in [0.2, 0.25) is 0 Å². The highest BCUT2D eigenvalue weighted by Gasteiger charge is 2.33. The summed E-state index contributed by atoms with van der Waals surface area (Å²) >= 11 is 6.08. The molecule has 2 aromatic carbocycles. The maximum absolute atomic E-state index is 13.9. The van der Waals surface area contributed by atoms with Crippen molar-refractivity contribution < 1.29 is 9.21 Å². The molecule has 1 unspecified atom stereocenters. The number of likely N-dealkylation sites (tertiary alicyclic amines) is 1. The molecule has 1 aliphatic rings. The first-order chi connectivity index (χ1) is 16.4. The number of benzene rings is 2. The van der Waals surface area contributed by atoms with Crippen LogP contribution in [0.15, 0.2) is 53.2 Å². The van der Waals surface area contributed by atoms with E-state index in [1.807, 2.05) is 49.3 Å². The lowest BCUT2D eigenvalue weighted by molar-refractivity contribution is 0.0540. The van der Waals surface area contributed by atoms with E-state index in [2.05, 4.69) is 22.3 Å². The van der Waals surface area contributed by atoms with Crippen molar-refractivity contribution >= 4 is 34.6 Å². The zero-order valence-electron chi connectivity index (χ0n) is 19.6. The topological polar surface area (TPSA) is 76.2 Å². The summed E-state index contributed by atoms with van der Waals surface area (Å²) in [6.45, 7) is 5.50. The highest BCUT2D eigenvalue weighted by Crippen LogP contribution is 2.30. The molecular weight excluding hydrogens is 450 g/mol. The summed E-state index contributed by atoms with van der Waals surface area (Å²) in [7, 11) is 1.88. The Morgan fingerprint density at radius 1 is 1.26 bits per heavy atom. The van der Waals surface area contributed by atoms with Crippen molar-refractivity contribution in [3.8, 4) is 11.1 Å². The van der Waals surface area contributed by atoms with E-state index < -0.39 is 0 Å². The Hall–Kier alpha value is -3.32. The van der Waals surface area contributed by atoms with Gasteiger partial charge in [-0.25, -0.2) is 0 Å². The molecule has 3 heterocycles. The zero-order valence-corrected chi connectivity index (χ0v) is 20.3. The second kappa shape index (κ2) is 9.14. The van der Waals surface area contributed by atoms with Crippen molar-refractivity contribution in [3.63, 3.8) is 0 Å². The second-order valence-electron chi connectivity index (χ2n) is 9.15. The van der Waals surface area contributed by atoms with E-state index in [-0.39, 0.29) is 11.9 Å². The third-order valence-electron chi connectivity index (χ3n) is 6.61. The molecular formula is C26H28ClN5O2. The summed E-state index contributed by atoms with van der Waals surface area (Å²) in [4.78, 5) is 20.4. The number of rotatable bonds is 5. The molecule has 0 aliphatic carbocycles. The van der Waals surface area contributed by atoms with Gasteiger partial charge in [0.05, 0.1) is 12.2 Å². The lowest BCUT2D eigenvalue weighted by Crippen LogP contribution is -2.51. The highest BCUT2D eigenvalue weighted by atomic mass is 35.5. The molecule has 2 atom stereocenters. The van der Waals surface area contributed by atoms with Crippen molar-refractivity contribution in [1.29, 1.82) is 0 Å². The van der Waals surface area contributed by atoms with E-state index in [0.29, 0.717) is 40.2 Å². The first kappa shape index (κ1) is 22.5. The number of fused-ring (bicyclic) bond motifs is 1. The zero-order chi connectivity index (χ0) is 23.8. The van der Waals surface area contributed by atoms with E-state index in [1.54, 1.807) is 23.0 Å². The van der Waals surface area contributed by atoms with Gasteiger partial charge in [0.25, 0.3) is 11.9 Å². The van der Waals surface area contributed by atoms with E-state index >= 15 is 0 Å². The number of halogens is 1. The van der Waals surface area contributed by atoms with Crippen LogP contribution in [0.25, 0.3) is 22.2 Å². The van der Waals surface area contributed by atoms with Gasteiger partial charge in [-0.2, -0.15) is 10.1 Å². The van der Waals surface area contributed by atoms with Crippen LogP contribution >= 0.6 is 11.6 Å². The van der Waals surface area contributed by atoms with Crippen LogP contribution in [-0.4, -0.2) is 44.7 Å². The van der Waals surface area contributed by atoms with Gasteiger partial charge in [-0.15, -0.1) is 0 Å². The molecule has 2 aromatic heterocycles. The first-order valence-corrected chi connectivity index (χ1v) is 12.0. The van der Waals surface area contributed by atoms with Gasteiger partial charge in [-0.1, -0.05) is 36.2 Å². The van der Waals surface area contributed by atoms with Crippen LogP contribution in [0.4, 0.5) is 6.01 Å². The van der Waals surface area contributed by atoms with E-state index in [0.717, 1.165) is 36.1 Å². The summed E-state index contributed by atoms with van der Waals surface area (Å²) in [6, 6.07) is 11.9. The van der Waals surface area contributed by atoms with Crippen LogP contribution in [0.3, 0.4) is 0 Å². The molecule has 176 valence electrons. The van der Waals surface area contributed by atoms with E-state index in [9.17, 15) is 4.79 Å². The summed E-state index contributed by atoms with van der Waals surface area (Å²) in [5, 5.41) is 8.24. The average molecular weight is 478 g/mol. The number of carbonyl (C=O) groups is 1. The summed E-state index contributed by atoms with van der Waals surface area (Å²) in [5.74, 6) is 0.390. The molecule has 0 saturated carbocycles. The van der Waals surface area contributed by atoms with Crippen molar-refractivity contribution in [2.75, 3.05) is 18.4 Å². The van der Waals surface area contributed by atoms with Crippen LogP contribution in [-0.2, 0) is 7.05 Å². The second-order valence-corrected chi connectivity index (χ2v) is 9.59. The number of piperidine rings is 1. The highest BCUT2D eigenvalue weighted by molar-refractivity contribution is 6.31. The quantitative estimate of drug-likeness (QED) is 0.408. The van der Waals surface area contributed by atoms with Crippen molar-refractivity contribution in [1.82, 2.24) is 19.7 Å². The predicted octanol–water partition coefficient (Wildman–Crippen LogP) is 5.54. The number of hydrogen-bond donors (Lipinski definition) is 1. The number of carbonyl (C=O) groups excluding carboxylic acids is 1. The predicted molar refractivity (Wildman–Crippen MR) is 134 cm³/mol. The number of nitrogens with one attached hydrogen (secondary N) is 1. The molecule has 7 nitrogen and oxygen atoms in total. The van der Waals surface area contributed by atoms with Crippen molar-refractivity contribution in [3.05, 3.63) is 64.9 Å². The fraction of sp³-hybridized carbons (Fsp3) is 0.346. The average Bonchev–Trinajstić information content (AvgIpc) is 3.43. The lowest BCUT2D eigenvalue weighted by atomic mass is 9.89. The molecule has 1 N–H and O–H groups in total. The SMILES string of the molecule is Cc1ccc(-c2cnn(C)c2)c(C(=O)N2CCCC(C)[C@H]2CNc2nc3cc(Cl)ccc3o2)c1.